The van der Waals surface area contributed by atoms with Crippen LogP contribution in [0.1, 0.15) is 38.7 Å². The fourth-order valence-electron chi connectivity index (χ4n) is 3.63. The summed E-state index contributed by atoms with van der Waals surface area (Å²) in [6, 6.07) is 5.40. The third-order valence-corrected chi connectivity index (χ3v) is 5.09. The molecule has 30 heavy (non-hydrogen) atoms. The number of rotatable bonds is 8. The lowest BCUT2D eigenvalue weighted by Gasteiger charge is -2.25. The Morgan fingerprint density at radius 3 is 2.47 bits per heavy atom. The van der Waals surface area contributed by atoms with E-state index in [9.17, 15) is 9.59 Å². The van der Waals surface area contributed by atoms with Crippen LogP contribution in [0.3, 0.4) is 0 Å². The fraction of sp³-hybridized carbons (Fsp3) is 0.636. The first-order chi connectivity index (χ1) is 14.2. The Balaban J connectivity index is 2.26. The number of hydrogen-bond acceptors (Lipinski definition) is 5. The van der Waals surface area contributed by atoms with Crippen LogP contribution in [0.2, 0.25) is 0 Å². The first-order valence-corrected chi connectivity index (χ1v) is 10.3. The average molecular weight is 422 g/mol. The van der Waals surface area contributed by atoms with Crippen molar-refractivity contribution in [3.63, 3.8) is 0 Å². The van der Waals surface area contributed by atoms with Crippen molar-refractivity contribution in [3.05, 3.63) is 23.8 Å². The molecule has 1 heterocycles. The summed E-state index contributed by atoms with van der Waals surface area (Å²) in [7, 11) is 4.83. The Morgan fingerprint density at radius 2 is 1.87 bits per heavy atom. The monoisotopic (exact) mass is 421 g/mol. The van der Waals surface area contributed by atoms with Crippen molar-refractivity contribution in [1.82, 2.24) is 15.5 Å². The number of likely N-dealkylation sites (tertiary alicyclic amines) is 1. The largest absolute Gasteiger partial charge is 0.497 e. The molecule has 2 N–H and O–H groups in total. The van der Waals surface area contributed by atoms with Gasteiger partial charge >= 0.3 is 6.03 Å². The van der Waals surface area contributed by atoms with Crippen LogP contribution >= 0.6 is 0 Å². The van der Waals surface area contributed by atoms with E-state index >= 15 is 0 Å². The van der Waals surface area contributed by atoms with Crippen LogP contribution in [-0.2, 0) is 9.53 Å². The van der Waals surface area contributed by atoms with Gasteiger partial charge < -0.3 is 29.7 Å². The van der Waals surface area contributed by atoms with Gasteiger partial charge in [-0.25, -0.2) is 4.79 Å². The topological polar surface area (TPSA) is 89.1 Å². The number of amides is 3. The minimum Gasteiger partial charge on any atom is -0.497 e. The summed E-state index contributed by atoms with van der Waals surface area (Å²) in [6.45, 7) is 7.70. The van der Waals surface area contributed by atoms with E-state index in [1.807, 2.05) is 32.9 Å². The number of carbonyl (C=O) groups excluding carboxylic acids is 2. The van der Waals surface area contributed by atoms with Gasteiger partial charge in [0.2, 0.25) is 5.91 Å². The molecule has 1 saturated heterocycles. The molecule has 0 spiro atoms. The van der Waals surface area contributed by atoms with E-state index in [2.05, 4.69) is 10.6 Å². The van der Waals surface area contributed by atoms with Gasteiger partial charge in [0.25, 0.3) is 0 Å². The van der Waals surface area contributed by atoms with Gasteiger partial charge in [0.05, 0.1) is 20.1 Å². The molecule has 3 amide bonds. The summed E-state index contributed by atoms with van der Waals surface area (Å²) in [5.74, 6) is 0.700. The third-order valence-electron chi connectivity index (χ3n) is 5.09. The Hall–Kier alpha value is -2.48. The fourth-order valence-corrected chi connectivity index (χ4v) is 3.63. The molecule has 0 radical (unpaired) electrons. The van der Waals surface area contributed by atoms with Crippen molar-refractivity contribution in [2.24, 2.45) is 5.92 Å². The van der Waals surface area contributed by atoms with Gasteiger partial charge in [0.15, 0.2) is 0 Å². The van der Waals surface area contributed by atoms with Crippen LogP contribution in [0, 0.1) is 5.92 Å². The number of ether oxygens (including phenoxy) is 3. The first-order valence-electron chi connectivity index (χ1n) is 10.3. The predicted octanol–water partition coefficient (Wildman–Crippen LogP) is 2.38. The second-order valence-electron chi connectivity index (χ2n) is 8.54. The van der Waals surface area contributed by atoms with Crippen LogP contribution < -0.4 is 20.1 Å². The maximum atomic E-state index is 13.0. The molecule has 8 heteroatoms. The first kappa shape index (κ1) is 23.8. The zero-order valence-electron chi connectivity index (χ0n) is 18.9. The van der Waals surface area contributed by atoms with Gasteiger partial charge in [-0.2, -0.15) is 0 Å². The van der Waals surface area contributed by atoms with E-state index in [4.69, 9.17) is 14.2 Å². The Bertz CT molecular complexity index is 732. The molecular formula is C22H35N3O5. The van der Waals surface area contributed by atoms with Crippen LogP contribution in [0.5, 0.6) is 11.5 Å². The van der Waals surface area contributed by atoms with Gasteiger partial charge in [-0.3, -0.25) is 4.79 Å². The highest BCUT2D eigenvalue weighted by Gasteiger charge is 2.42. The van der Waals surface area contributed by atoms with Gasteiger partial charge in [-0.15, -0.1) is 0 Å². The van der Waals surface area contributed by atoms with E-state index in [1.165, 1.54) is 0 Å². The highest BCUT2D eigenvalue weighted by atomic mass is 16.5. The molecule has 2 atom stereocenters. The summed E-state index contributed by atoms with van der Waals surface area (Å²) in [4.78, 5) is 27.5. The molecule has 0 saturated carbocycles. The Labute approximate surface area is 179 Å². The third kappa shape index (κ3) is 6.26. The predicted molar refractivity (Wildman–Crippen MR) is 115 cm³/mol. The lowest BCUT2D eigenvalue weighted by Crippen LogP contribution is -2.48. The highest BCUT2D eigenvalue weighted by Crippen LogP contribution is 2.39. The van der Waals surface area contributed by atoms with E-state index in [0.717, 1.165) is 12.0 Å². The number of nitrogens with one attached hydrogen (secondary N) is 2. The van der Waals surface area contributed by atoms with Crippen LogP contribution in [-0.4, -0.2) is 69.9 Å². The maximum absolute atomic E-state index is 13.0. The number of methoxy groups -OCH3 is 3. The number of carbonyl (C=O) groups is 2. The molecule has 1 fully saturated rings. The molecule has 1 aliphatic heterocycles. The summed E-state index contributed by atoms with van der Waals surface area (Å²) < 4.78 is 15.9. The van der Waals surface area contributed by atoms with Gasteiger partial charge in [-0.05, 0) is 33.3 Å². The molecular weight excluding hydrogens is 386 g/mol. The molecule has 2 rings (SSSR count). The molecule has 1 aromatic carbocycles. The molecule has 168 valence electrons. The van der Waals surface area contributed by atoms with E-state index in [-0.39, 0.29) is 29.3 Å². The number of urea groups is 1. The molecule has 0 bridgehead atoms. The minimum atomic E-state index is -0.374. The summed E-state index contributed by atoms with van der Waals surface area (Å²) >= 11 is 0. The maximum Gasteiger partial charge on any atom is 0.317 e. The van der Waals surface area contributed by atoms with Gasteiger partial charge in [0.1, 0.15) is 11.5 Å². The van der Waals surface area contributed by atoms with Crippen molar-refractivity contribution in [2.45, 2.75) is 38.6 Å². The Kier molecular flexibility index (Phi) is 8.34. The van der Waals surface area contributed by atoms with E-state index < -0.39 is 0 Å². The number of benzene rings is 1. The second kappa shape index (κ2) is 10.5. The standard InChI is InChI=1S/C22H35N3O5/c1-22(2,3)24-21(27)25-13-17(16-9-8-15(29-5)12-19(16)30-6)18(14-25)20(26)23-10-7-11-28-4/h8-9,12,17-18H,7,10-11,13-14H2,1-6H3,(H,23,26)(H,24,27)/t17-,18-/m0/s1. The van der Waals surface area contributed by atoms with Crippen LogP contribution in [0.4, 0.5) is 4.79 Å². The van der Waals surface area contributed by atoms with Crippen molar-refractivity contribution in [3.8, 4) is 11.5 Å². The summed E-state index contributed by atoms with van der Waals surface area (Å²) in [5.41, 5.74) is 0.534. The zero-order chi connectivity index (χ0) is 22.3. The SMILES string of the molecule is COCCCNC(=O)[C@H]1CN(C(=O)NC(C)(C)C)C[C@H]1c1ccc(OC)cc1OC. The van der Waals surface area contributed by atoms with Crippen molar-refractivity contribution >= 4 is 11.9 Å². The number of nitrogens with zero attached hydrogens (tertiary/aromatic N) is 1. The molecule has 1 aromatic rings. The molecule has 0 aliphatic carbocycles. The van der Waals surface area contributed by atoms with Crippen molar-refractivity contribution < 1.29 is 23.8 Å². The van der Waals surface area contributed by atoms with E-state index in [0.29, 0.717) is 37.7 Å². The molecule has 8 nitrogen and oxygen atoms in total. The smallest absolute Gasteiger partial charge is 0.317 e. The Morgan fingerprint density at radius 1 is 1.13 bits per heavy atom. The number of hydrogen-bond donors (Lipinski definition) is 2. The van der Waals surface area contributed by atoms with E-state index in [1.54, 1.807) is 32.3 Å². The lowest BCUT2D eigenvalue weighted by molar-refractivity contribution is -0.124. The lowest BCUT2D eigenvalue weighted by atomic mass is 9.87. The molecule has 0 unspecified atom stereocenters. The van der Waals surface area contributed by atoms with Crippen LogP contribution in [0.15, 0.2) is 18.2 Å². The zero-order valence-corrected chi connectivity index (χ0v) is 18.9. The quantitative estimate of drug-likeness (QED) is 0.629. The van der Waals surface area contributed by atoms with Crippen LogP contribution in [0.25, 0.3) is 0 Å². The normalized spacial score (nSPS) is 18.8. The highest BCUT2D eigenvalue weighted by molar-refractivity contribution is 5.83. The minimum absolute atomic E-state index is 0.0694. The second-order valence-corrected chi connectivity index (χ2v) is 8.54. The van der Waals surface area contributed by atoms with Crippen molar-refractivity contribution in [1.29, 1.82) is 0 Å². The van der Waals surface area contributed by atoms with Gasteiger partial charge in [-0.1, -0.05) is 6.07 Å². The van der Waals surface area contributed by atoms with Gasteiger partial charge in [0, 0.05) is 56.4 Å². The molecule has 0 aromatic heterocycles. The average Bonchev–Trinajstić information content (AvgIpc) is 3.14. The van der Waals surface area contributed by atoms with Crippen molar-refractivity contribution in [2.75, 3.05) is 47.6 Å². The summed E-state index contributed by atoms with van der Waals surface area (Å²) in [5, 5.41) is 5.97. The summed E-state index contributed by atoms with van der Waals surface area (Å²) in [6.07, 6.45) is 0.736. The molecule has 1 aliphatic rings.